The summed E-state index contributed by atoms with van der Waals surface area (Å²) in [6, 6.07) is 1.49. The van der Waals surface area contributed by atoms with Gasteiger partial charge in [-0.15, -0.1) is 0 Å². The molecular weight excluding hydrogens is 230 g/mol. The van der Waals surface area contributed by atoms with Gasteiger partial charge in [0, 0.05) is 29.7 Å². The number of rotatable bonds is 1. The van der Waals surface area contributed by atoms with Crippen LogP contribution in [0.3, 0.4) is 0 Å². The average molecular weight is 241 g/mol. The molecule has 1 N–H and O–H groups in total. The van der Waals surface area contributed by atoms with Crippen molar-refractivity contribution in [3.63, 3.8) is 0 Å². The molecule has 3 aromatic heterocycles. The number of nitrogens with zero attached hydrogens (tertiary/aromatic N) is 4. The molecule has 3 heterocycles. The van der Waals surface area contributed by atoms with Crippen LogP contribution < -0.4 is 5.56 Å². The summed E-state index contributed by atoms with van der Waals surface area (Å²) in [7, 11) is 0. The summed E-state index contributed by atoms with van der Waals surface area (Å²) in [5, 5.41) is 3.01. The van der Waals surface area contributed by atoms with Crippen LogP contribution >= 0.6 is 0 Å². The molecule has 0 atom stereocenters. The van der Waals surface area contributed by atoms with E-state index >= 15 is 0 Å². The molecule has 6 nitrogen and oxygen atoms in total. The Hall–Kier alpha value is -2.50. The SMILES string of the molecule is Cc1cc(=O)n2[nH]c(-c3cnccn3)c(C)c2n1. The summed E-state index contributed by atoms with van der Waals surface area (Å²) in [6.07, 6.45) is 4.87. The molecule has 0 aliphatic carbocycles. The standard InChI is InChI=1S/C12H11N5O/c1-7-5-10(18)17-12(15-7)8(2)11(16-17)9-6-13-3-4-14-9/h3-6,16H,1-2H3. The minimum Gasteiger partial charge on any atom is -0.287 e. The highest BCUT2D eigenvalue weighted by Crippen LogP contribution is 2.20. The fraction of sp³-hybridized carbons (Fsp3) is 0.167. The fourth-order valence-electron chi connectivity index (χ4n) is 1.94. The maximum atomic E-state index is 11.9. The van der Waals surface area contributed by atoms with E-state index < -0.39 is 0 Å². The molecule has 0 fully saturated rings. The lowest BCUT2D eigenvalue weighted by Crippen LogP contribution is -2.14. The van der Waals surface area contributed by atoms with Gasteiger partial charge in [-0.1, -0.05) is 0 Å². The average Bonchev–Trinajstić information content (AvgIpc) is 2.69. The third-order valence-electron chi connectivity index (χ3n) is 2.80. The zero-order chi connectivity index (χ0) is 12.7. The number of aromatic amines is 1. The van der Waals surface area contributed by atoms with Crippen LogP contribution in [0.1, 0.15) is 11.3 Å². The number of aromatic nitrogens is 5. The summed E-state index contributed by atoms with van der Waals surface area (Å²) in [6.45, 7) is 3.71. The number of H-pyrrole nitrogens is 1. The third kappa shape index (κ3) is 1.50. The monoisotopic (exact) mass is 241 g/mol. The van der Waals surface area contributed by atoms with E-state index in [1.54, 1.807) is 25.5 Å². The Labute approximate surface area is 102 Å². The first kappa shape index (κ1) is 10.6. The summed E-state index contributed by atoms with van der Waals surface area (Å²) in [4.78, 5) is 24.5. The predicted molar refractivity (Wildman–Crippen MR) is 66.3 cm³/mol. The van der Waals surface area contributed by atoms with Crippen LogP contribution in [0.4, 0.5) is 0 Å². The van der Waals surface area contributed by atoms with E-state index in [4.69, 9.17) is 0 Å². The number of nitrogens with one attached hydrogen (secondary N) is 1. The first-order valence-corrected chi connectivity index (χ1v) is 5.52. The van der Waals surface area contributed by atoms with Crippen molar-refractivity contribution in [2.24, 2.45) is 0 Å². The van der Waals surface area contributed by atoms with Gasteiger partial charge in [-0.05, 0) is 13.8 Å². The highest BCUT2D eigenvalue weighted by molar-refractivity contribution is 5.66. The van der Waals surface area contributed by atoms with Crippen molar-refractivity contribution in [2.75, 3.05) is 0 Å². The molecule has 0 unspecified atom stereocenters. The Balaban J connectivity index is 2.37. The molecule has 0 saturated carbocycles. The first-order valence-electron chi connectivity index (χ1n) is 5.52. The summed E-state index contributed by atoms with van der Waals surface area (Å²) in [5.41, 5.74) is 3.54. The van der Waals surface area contributed by atoms with E-state index in [9.17, 15) is 4.79 Å². The van der Waals surface area contributed by atoms with E-state index in [1.165, 1.54) is 10.6 Å². The van der Waals surface area contributed by atoms with Gasteiger partial charge in [0.2, 0.25) is 0 Å². The topological polar surface area (TPSA) is 75.9 Å². The van der Waals surface area contributed by atoms with Crippen LogP contribution in [0.15, 0.2) is 29.5 Å². The quantitative estimate of drug-likeness (QED) is 0.692. The van der Waals surface area contributed by atoms with E-state index in [2.05, 4.69) is 20.1 Å². The second kappa shape index (κ2) is 3.76. The van der Waals surface area contributed by atoms with Crippen molar-refractivity contribution in [3.8, 4) is 11.4 Å². The van der Waals surface area contributed by atoms with Gasteiger partial charge in [-0.3, -0.25) is 19.9 Å². The fourth-order valence-corrected chi connectivity index (χ4v) is 1.94. The number of hydrogen-bond donors (Lipinski definition) is 1. The van der Waals surface area contributed by atoms with Crippen LogP contribution in [0.5, 0.6) is 0 Å². The van der Waals surface area contributed by atoms with Gasteiger partial charge in [0.1, 0.15) is 5.69 Å². The second-order valence-electron chi connectivity index (χ2n) is 4.10. The van der Waals surface area contributed by atoms with Gasteiger partial charge < -0.3 is 0 Å². The first-order chi connectivity index (χ1) is 8.66. The predicted octanol–water partition coefficient (Wildman–Crippen LogP) is 1.10. The van der Waals surface area contributed by atoms with Crippen LogP contribution in [0.25, 0.3) is 17.0 Å². The van der Waals surface area contributed by atoms with Crippen LogP contribution in [0, 0.1) is 13.8 Å². The van der Waals surface area contributed by atoms with Crippen molar-refractivity contribution >= 4 is 5.65 Å². The van der Waals surface area contributed by atoms with Gasteiger partial charge in [0.25, 0.3) is 5.56 Å². The van der Waals surface area contributed by atoms with E-state index in [0.29, 0.717) is 17.0 Å². The normalized spacial score (nSPS) is 11.0. The van der Waals surface area contributed by atoms with Crippen molar-refractivity contribution in [3.05, 3.63) is 46.3 Å². The minimum atomic E-state index is -0.129. The highest BCUT2D eigenvalue weighted by atomic mass is 16.1. The van der Waals surface area contributed by atoms with E-state index in [0.717, 1.165) is 11.3 Å². The van der Waals surface area contributed by atoms with Gasteiger partial charge >= 0.3 is 0 Å². The van der Waals surface area contributed by atoms with Gasteiger partial charge in [0.05, 0.1) is 11.9 Å². The Morgan fingerprint density at radius 1 is 1.28 bits per heavy atom. The van der Waals surface area contributed by atoms with Crippen molar-refractivity contribution in [1.82, 2.24) is 24.6 Å². The molecule has 0 bridgehead atoms. The van der Waals surface area contributed by atoms with E-state index in [1.807, 2.05) is 6.92 Å². The smallest absolute Gasteiger partial charge is 0.272 e. The maximum absolute atomic E-state index is 11.9. The van der Waals surface area contributed by atoms with Gasteiger partial charge in [0.15, 0.2) is 5.65 Å². The largest absolute Gasteiger partial charge is 0.287 e. The Morgan fingerprint density at radius 2 is 2.11 bits per heavy atom. The molecule has 0 spiro atoms. The highest BCUT2D eigenvalue weighted by Gasteiger charge is 2.13. The molecule has 0 saturated heterocycles. The maximum Gasteiger partial charge on any atom is 0.272 e. The molecule has 3 rings (SSSR count). The lowest BCUT2D eigenvalue weighted by Gasteiger charge is -1.95. The molecule has 0 aromatic carbocycles. The molecule has 0 radical (unpaired) electrons. The summed E-state index contributed by atoms with van der Waals surface area (Å²) >= 11 is 0. The molecular formula is C12H11N5O. The molecule has 0 aliphatic rings. The zero-order valence-electron chi connectivity index (χ0n) is 10.0. The Morgan fingerprint density at radius 3 is 2.83 bits per heavy atom. The summed E-state index contributed by atoms with van der Waals surface area (Å²) in [5.74, 6) is 0. The second-order valence-corrected chi connectivity index (χ2v) is 4.10. The summed E-state index contributed by atoms with van der Waals surface area (Å²) < 4.78 is 1.42. The van der Waals surface area contributed by atoms with Crippen LogP contribution in [0.2, 0.25) is 0 Å². The van der Waals surface area contributed by atoms with Gasteiger partial charge in [-0.25, -0.2) is 9.50 Å². The molecule has 6 heteroatoms. The van der Waals surface area contributed by atoms with Crippen LogP contribution in [-0.4, -0.2) is 24.6 Å². The molecule has 0 amide bonds. The number of aryl methyl sites for hydroxylation is 2. The lowest BCUT2D eigenvalue weighted by atomic mass is 10.2. The van der Waals surface area contributed by atoms with Crippen LogP contribution in [-0.2, 0) is 0 Å². The number of hydrogen-bond acceptors (Lipinski definition) is 4. The Kier molecular flexibility index (Phi) is 2.22. The van der Waals surface area contributed by atoms with Crippen molar-refractivity contribution in [1.29, 1.82) is 0 Å². The molecule has 90 valence electrons. The van der Waals surface area contributed by atoms with E-state index in [-0.39, 0.29) is 5.56 Å². The molecule has 0 aliphatic heterocycles. The Bertz CT molecular complexity index is 772. The number of fused-ring (bicyclic) bond motifs is 1. The zero-order valence-corrected chi connectivity index (χ0v) is 10.0. The minimum absolute atomic E-state index is 0.129. The van der Waals surface area contributed by atoms with Gasteiger partial charge in [-0.2, -0.15) is 0 Å². The lowest BCUT2D eigenvalue weighted by molar-refractivity contribution is 0.890. The van der Waals surface area contributed by atoms with Crippen molar-refractivity contribution in [2.45, 2.75) is 13.8 Å². The third-order valence-corrected chi connectivity index (χ3v) is 2.80. The van der Waals surface area contributed by atoms with Crippen molar-refractivity contribution < 1.29 is 0 Å². The molecule has 3 aromatic rings. The molecule has 18 heavy (non-hydrogen) atoms.